The van der Waals surface area contributed by atoms with Gasteiger partial charge < -0.3 is 19.7 Å². The molecule has 1 N–H and O–H groups in total. The second kappa shape index (κ2) is 8.70. The van der Waals surface area contributed by atoms with Crippen LogP contribution in [0.3, 0.4) is 0 Å². The van der Waals surface area contributed by atoms with Gasteiger partial charge >= 0.3 is 5.97 Å². The Kier molecular flexibility index (Phi) is 6.11. The number of carbonyl (C=O) groups is 3. The first-order valence-corrected chi connectivity index (χ1v) is 9.28. The molecule has 27 heavy (non-hydrogen) atoms. The fourth-order valence-corrected chi connectivity index (χ4v) is 3.18. The molecular formula is C20H24N2O5. The Morgan fingerprint density at radius 1 is 1.11 bits per heavy atom. The predicted molar refractivity (Wildman–Crippen MR) is 98.7 cm³/mol. The van der Waals surface area contributed by atoms with Crippen LogP contribution in [-0.4, -0.2) is 48.4 Å². The Labute approximate surface area is 158 Å². The van der Waals surface area contributed by atoms with Crippen LogP contribution < -0.4 is 5.32 Å². The van der Waals surface area contributed by atoms with Crippen molar-refractivity contribution < 1.29 is 23.9 Å². The molecule has 7 heteroatoms. The number of ether oxygens (including phenoxy) is 2. The number of hydrogen-bond donors (Lipinski definition) is 1. The molecule has 0 bridgehead atoms. The molecule has 0 unspecified atom stereocenters. The van der Waals surface area contributed by atoms with Crippen molar-refractivity contribution in [3.63, 3.8) is 0 Å². The summed E-state index contributed by atoms with van der Waals surface area (Å²) in [4.78, 5) is 38.9. The zero-order chi connectivity index (χ0) is 19.2. The van der Waals surface area contributed by atoms with Crippen molar-refractivity contribution in [2.24, 2.45) is 0 Å². The Morgan fingerprint density at radius 2 is 1.78 bits per heavy atom. The molecule has 0 aliphatic carbocycles. The third-order valence-corrected chi connectivity index (χ3v) is 4.64. The van der Waals surface area contributed by atoms with Crippen LogP contribution in [0, 0.1) is 0 Å². The van der Waals surface area contributed by atoms with Gasteiger partial charge in [-0.3, -0.25) is 9.59 Å². The first-order chi connectivity index (χ1) is 13.1. The molecule has 2 aliphatic rings. The lowest BCUT2D eigenvalue weighted by Gasteiger charge is -2.24. The number of benzene rings is 1. The lowest BCUT2D eigenvalue weighted by atomic mass is 10.2. The van der Waals surface area contributed by atoms with Gasteiger partial charge in [0.05, 0.1) is 0 Å². The van der Waals surface area contributed by atoms with E-state index in [0.717, 1.165) is 25.7 Å². The normalized spacial score (nSPS) is 18.6. The number of ketones is 1. The fourth-order valence-electron chi connectivity index (χ4n) is 3.18. The number of esters is 1. The van der Waals surface area contributed by atoms with Crippen LogP contribution in [0.15, 0.2) is 41.8 Å². The van der Waals surface area contributed by atoms with Crippen LogP contribution in [0.1, 0.15) is 32.6 Å². The summed E-state index contributed by atoms with van der Waals surface area (Å²) in [5, 5.41) is 2.92. The minimum Gasteiger partial charge on any atom is -0.470 e. The molecule has 3 rings (SSSR count). The van der Waals surface area contributed by atoms with E-state index in [0.29, 0.717) is 18.8 Å². The maximum Gasteiger partial charge on any atom is 0.348 e. The van der Waals surface area contributed by atoms with Crippen LogP contribution >= 0.6 is 0 Å². The SMILES string of the molecule is C[C@H](OC(=O)C1=C(Nc2ccccc2)OCC1=O)C(=O)N1CCCCCC1. The molecule has 1 fully saturated rings. The van der Waals surface area contributed by atoms with E-state index >= 15 is 0 Å². The van der Waals surface area contributed by atoms with Crippen molar-refractivity contribution in [1.82, 2.24) is 4.90 Å². The van der Waals surface area contributed by atoms with E-state index < -0.39 is 17.9 Å². The molecule has 2 aliphatic heterocycles. The Balaban J connectivity index is 1.68. The third-order valence-electron chi connectivity index (χ3n) is 4.64. The molecular weight excluding hydrogens is 348 g/mol. The van der Waals surface area contributed by atoms with Crippen molar-refractivity contribution in [3.8, 4) is 0 Å². The van der Waals surface area contributed by atoms with Crippen molar-refractivity contribution in [3.05, 3.63) is 41.8 Å². The van der Waals surface area contributed by atoms with E-state index in [9.17, 15) is 14.4 Å². The summed E-state index contributed by atoms with van der Waals surface area (Å²) in [5.74, 6) is -1.47. The summed E-state index contributed by atoms with van der Waals surface area (Å²) in [6.45, 7) is 2.66. The van der Waals surface area contributed by atoms with E-state index in [1.807, 2.05) is 18.2 Å². The van der Waals surface area contributed by atoms with Gasteiger partial charge in [-0.2, -0.15) is 0 Å². The quantitative estimate of drug-likeness (QED) is 0.630. The number of nitrogens with one attached hydrogen (secondary N) is 1. The average Bonchev–Trinajstić information content (AvgIpc) is 2.87. The number of anilines is 1. The van der Waals surface area contributed by atoms with Gasteiger partial charge in [-0.15, -0.1) is 0 Å². The fraction of sp³-hybridized carbons (Fsp3) is 0.450. The Bertz CT molecular complexity index is 736. The molecule has 0 radical (unpaired) electrons. The molecule has 1 aromatic carbocycles. The van der Waals surface area contributed by atoms with Crippen LogP contribution in [-0.2, 0) is 23.9 Å². The molecule has 7 nitrogen and oxygen atoms in total. The van der Waals surface area contributed by atoms with Gasteiger partial charge in [-0.05, 0) is 31.9 Å². The third kappa shape index (κ3) is 4.67. The van der Waals surface area contributed by atoms with E-state index in [2.05, 4.69) is 5.32 Å². The summed E-state index contributed by atoms with van der Waals surface area (Å²) in [6, 6.07) is 9.06. The number of Topliss-reactive ketones (excluding diaryl/α,β-unsaturated/α-hetero) is 1. The van der Waals surface area contributed by atoms with Crippen molar-refractivity contribution in [1.29, 1.82) is 0 Å². The smallest absolute Gasteiger partial charge is 0.348 e. The number of nitrogens with zero attached hydrogens (tertiary/aromatic N) is 1. The predicted octanol–water partition coefficient (Wildman–Crippen LogP) is 2.24. The number of para-hydroxylation sites is 1. The van der Waals surface area contributed by atoms with E-state index in [1.165, 1.54) is 6.92 Å². The molecule has 1 amide bonds. The summed E-state index contributed by atoms with van der Waals surface area (Å²) in [6.07, 6.45) is 3.16. The standard InChI is InChI=1S/C20H24N2O5/c1-14(19(24)22-11-7-2-3-8-12-22)27-20(25)17-16(23)13-26-18(17)21-15-9-5-4-6-10-15/h4-6,9-10,14,21H,2-3,7-8,11-13H2,1H3/t14-/m0/s1. The molecule has 0 spiro atoms. The molecule has 144 valence electrons. The Morgan fingerprint density at radius 3 is 2.44 bits per heavy atom. The summed E-state index contributed by atoms with van der Waals surface area (Å²) in [7, 11) is 0. The van der Waals surface area contributed by atoms with E-state index in [-0.39, 0.29) is 24.0 Å². The topological polar surface area (TPSA) is 84.9 Å². The van der Waals surface area contributed by atoms with Crippen LogP contribution in [0.25, 0.3) is 0 Å². The highest BCUT2D eigenvalue weighted by Crippen LogP contribution is 2.21. The zero-order valence-corrected chi connectivity index (χ0v) is 15.4. The number of amides is 1. The van der Waals surface area contributed by atoms with Gasteiger partial charge in [0.25, 0.3) is 5.91 Å². The van der Waals surface area contributed by atoms with Gasteiger partial charge in [0.2, 0.25) is 11.7 Å². The van der Waals surface area contributed by atoms with Crippen LogP contribution in [0.4, 0.5) is 5.69 Å². The van der Waals surface area contributed by atoms with Crippen molar-refractivity contribution in [2.45, 2.75) is 38.7 Å². The van der Waals surface area contributed by atoms with E-state index in [4.69, 9.17) is 9.47 Å². The monoisotopic (exact) mass is 372 g/mol. The Hall–Kier alpha value is -2.83. The van der Waals surface area contributed by atoms with Gasteiger partial charge in [0, 0.05) is 18.8 Å². The van der Waals surface area contributed by atoms with Crippen molar-refractivity contribution >= 4 is 23.3 Å². The zero-order valence-electron chi connectivity index (χ0n) is 15.4. The average molecular weight is 372 g/mol. The van der Waals surface area contributed by atoms with Crippen LogP contribution in [0.2, 0.25) is 0 Å². The molecule has 1 aromatic rings. The second-order valence-electron chi connectivity index (χ2n) is 6.69. The first kappa shape index (κ1) is 18.9. The van der Waals surface area contributed by atoms with Gasteiger partial charge in [-0.1, -0.05) is 31.0 Å². The number of hydrogen-bond acceptors (Lipinski definition) is 6. The molecule has 2 heterocycles. The maximum absolute atomic E-state index is 12.6. The molecule has 0 aromatic heterocycles. The molecule has 1 saturated heterocycles. The summed E-state index contributed by atoms with van der Waals surface area (Å²) >= 11 is 0. The molecule has 0 saturated carbocycles. The summed E-state index contributed by atoms with van der Waals surface area (Å²) in [5.41, 5.74) is 0.496. The minimum absolute atomic E-state index is 0.0608. The minimum atomic E-state index is -0.950. The van der Waals surface area contributed by atoms with Crippen LogP contribution in [0.5, 0.6) is 0 Å². The number of carbonyl (C=O) groups excluding carboxylic acids is 3. The van der Waals surface area contributed by atoms with Gasteiger partial charge in [0.15, 0.2) is 18.3 Å². The largest absolute Gasteiger partial charge is 0.470 e. The van der Waals surface area contributed by atoms with Crippen molar-refractivity contribution in [2.75, 3.05) is 25.0 Å². The maximum atomic E-state index is 12.6. The summed E-state index contributed by atoms with van der Waals surface area (Å²) < 4.78 is 10.6. The van der Waals surface area contributed by atoms with E-state index in [1.54, 1.807) is 17.0 Å². The highest BCUT2D eigenvalue weighted by Gasteiger charge is 2.35. The molecule has 1 atom stereocenters. The first-order valence-electron chi connectivity index (χ1n) is 9.28. The number of likely N-dealkylation sites (tertiary alicyclic amines) is 1. The number of rotatable bonds is 5. The lowest BCUT2D eigenvalue weighted by Crippen LogP contribution is -2.41. The second-order valence-corrected chi connectivity index (χ2v) is 6.69. The van der Waals surface area contributed by atoms with Gasteiger partial charge in [0.1, 0.15) is 0 Å². The highest BCUT2D eigenvalue weighted by atomic mass is 16.6. The highest BCUT2D eigenvalue weighted by molar-refractivity contribution is 6.20. The lowest BCUT2D eigenvalue weighted by molar-refractivity contribution is -0.156. The van der Waals surface area contributed by atoms with Gasteiger partial charge in [-0.25, -0.2) is 4.79 Å².